The Bertz CT molecular complexity index is 1450. The molecule has 4 aromatic heterocycles. The number of aromatic nitrogens is 5. The lowest BCUT2D eigenvalue weighted by atomic mass is 9.95. The van der Waals surface area contributed by atoms with E-state index in [2.05, 4.69) is 33.0 Å². The zero-order chi connectivity index (χ0) is 21.8. The number of thiol groups is 1. The number of alkyl halides is 1. The van der Waals surface area contributed by atoms with Gasteiger partial charge in [0, 0.05) is 23.2 Å². The van der Waals surface area contributed by atoms with Crippen LogP contribution >= 0.6 is 12.6 Å². The number of ether oxygens (including phenoxy) is 1. The Morgan fingerprint density at radius 1 is 1.16 bits per heavy atom. The van der Waals surface area contributed by atoms with Crippen LogP contribution in [0, 0.1) is 5.82 Å². The van der Waals surface area contributed by atoms with Gasteiger partial charge in [-0.25, -0.2) is 8.78 Å². The topological polar surface area (TPSA) is 78.3 Å². The average molecular weight is 439 g/mol. The van der Waals surface area contributed by atoms with Crippen molar-refractivity contribution in [1.82, 2.24) is 24.7 Å². The summed E-state index contributed by atoms with van der Waals surface area (Å²) < 4.78 is 42.5. The van der Waals surface area contributed by atoms with Gasteiger partial charge in [0.15, 0.2) is 28.7 Å². The van der Waals surface area contributed by atoms with Crippen LogP contribution in [0.3, 0.4) is 0 Å². The summed E-state index contributed by atoms with van der Waals surface area (Å²) in [5.74, 6) is 0.0935. The van der Waals surface area contributed by atoms with Crippen molar-refractivity contribution in [3.8, 4) is 17.1 Å². The molecule has 0 amide bonds. The van der Waals surface area contributed by atoms with Crippen LogP contribution in [0.15, 0.2) is 58.3 Å². The maximum absolute atomic E-state index is 16.2. The molecule has 31 heavy (non-hydrogen) atoms. The molecule has 1 aromatic carbocycles. The van der Waals surface area contributed by atoms with Crippen molar-refractivity contribution in [1.29, 1.82) is 0 Å². The number of fused-ring (bicyclic) bond motifs is 2. The van der Waals surface area contributed by atoms with Gasteiger partial charge in [0.2, 0.25) is 0 Å². The number of methoxy groups -OCH3 is 1. The second-order valence-corrected chi connectivity index (χ2v) is 7.59. The monoisotopic (exact) mass is 439 g/mol. The molecule has 5 rings (SSSR count). The summed E-state index contributed by atoms with van der Waals surface area (Å²) in [6.07, 6.45) is 3.09. The number of pyridine rings is 2. The van der Waals surface area contributed by atoms with Gasteiger partial charge >= 0.3 is 0 Å². The number of halogens is 2. The highest BCUT2D eigenvalue weighted by atomic mass is 32.1. The van der Waals surface area contributed by atoms with Crippen LogP contribution < -0.4 is 4.74 Å². The highest BCUT2D eigenvalue weighted by Gasteiger charge is 2.35. The Morgan fingerprint density at radius 2 is 2.00 bits per heavy atom. The first kappa shape index (κ1) is 19.4. The fourth-order valence-corrected chi connectivity index (χ4v) is 3.61. The number of nitrogens with zero attached hydrogens (tertiary/aromatic N) is 5. The highest BCUT2D eigenvalue weighted by molar-refractivity contribution is 7.80. The van der Waals surface area contributed by atoms with Crippen molar-refractivity contribution < 1.29 is 18.0 Å². The van der Waals surface area contributed by atoms with Gasteiger partial charge in [-0.05, 0) is 36.8 Å². The molecule has 0 aliphatic carbocycles. The minimum absolute atomic E-state index is 0.0796. The summed E-state index contributed by atoms with van der Waals surface area (Å²) in [4.78, 5) is 4.29. The maximum atomic E-state index is 16.2. The van der Waals surface area contributed by atoms with E-state index in [0.717, 1.165) is 0 Å². The molecule has 4 heterocycles. The molecule has 0 aliphatic rings. The summed E-state index contributed by atoms with van der Waals surface area (Å²) >= 11 is 4.10. The van der Waals surface area contributed by atoms with Crippen LogP contribution in [0.2, 0.25) is 0 Å². The van der Waals surface area contributed by atoms with Crippen molar-refractivity contribution in [2.24, 2.45) is 0 Å². The predicted octanol–water partition coefficient (Wildman–Crippen LogP) is 4.60. The molecule has 7 nitrogen and oxygen atoms in total. The molecule has 0 N–H and O–H groups in total. The third-order valence-electron chi connectivity index (χ3n) is 5.10. The fraction of sp³-hybridized carbons (Fsp3) is 0.143. The third kappa shape index (κ3) is 3.19. The predicted molar refractivity (Wildman–Crippen MR) is 112 cm³/mol. The number of rotatable bonds is 4. The van der Waals surface area contributed by atoms with Gasteiger partial charge in [0.25, 0.3) is 0 Å². The summed E-state index contributed by atoms with van der Waals surface area (Å²) in [7, 11) is 1.53. The van der Waals surface area contributed by atoms with Crippen LogP contribution in [0.5, 0.6) is 5.75 Å². The highest BCUT2D eigenvalue weighted by Crippen LogP contribution is 2.35. The second kappa shape index (κ2) is 7.02. The summed E-state index contributed by atoms with van der Waals surface area (Å²) in [5, 5.41) is 12.5. The Kier molecular flexibility index (Phi) is 4.40. The molecule has 1 unspecified atom stereocenters. The Morgan fingerprint density at radius 3 is 2.74 bits per heavy atom. The average Bonchev–Trinajstić information content (AvgIpc) is 3.39. The van der Waals surface area contributed by atoms with Gasteiger partial charge in [-0.15, -0.1) is 22.8 Å². The normalized spacial score (nSPS) is 13.6. The van der Waals surface area contributed by atoms with E-state index in [1.165, 1.54) is 36.8 Å². The molecule has 0 radical (unpaired) electrons. The SMILES string of the molecule is COc1cnc2ccc(C(C)(F)c3nnc4c(F)cc(-c5cc(S)no5)cn34)cc2c1. The second-order valence-electron chi connectivity index (χ2n) is 7.13. The largest absolute Gasteiger partial charge is 0.495 e. The number of hydrogen-bond acceptors (Lipinski definition) is 7. The van der Waals surface area contributed by atoms with E-state index < -0.39 is 11.5 Å². The van der Waals surface area contributed by atoms with Gasteiger partial charge in [-0.1, -0.05) is 11.2 Å². The van der Waals surface area contributed by atoms with E-state index >= 15 is 4.39 Å². The number of benzene rings is 1. The molecule has 0 fully saturated rings. The lowest BCUT2D eigenvalue weighted by Gasteiger charge is -2.20. The van der Waals surface area contributed by atoms with Crippen molar-refractivity contribution in [2.75, 3.05) is 7.11 Å². The first-order valence-electron chi connectivity index (χ1n) is 9.21. The number of hydrogen-bond donors (Lipinski definition) is 1. The van der Waals surface area contributed by atoms with E-state index in [9.17, 15) is 4.39 Å². The maximum Gasteiger partial charge on any atom is 0.197 e. The zero-order valence-electron chi connectivity index (χ0n) is 16.4. The Labute approximate surface area is 180 Å². The van der Waals surface area contributed by atoms with E-state index in [1.54, 1.807) is 30.5 Å². The van der Waals surface area contributed by atoms with Crippen LogP contribution in [0.25, 0.3) is 27.9 Å². The van der Waals surface area contributed by atoms with Crippen molar-refractivity contribution in [3.63, 3.8) is 0 Å². The quantitative estimate of drug-likeness (QED) is 0.413. The minimum atomic E-state index is -2.09. The van der Waals surface area contributed by atoms with Crippen molar-refractivity contribution >= 4 is 29.2 Å². The molecule has 0 saturated heterocycles. The van der Waals surface area contributed by atoms with Crippen molar-refractivity contribution in [2.45, 2.75) is 17.6 Å². The molecule has 5 aromatic rings. The molecule has 156 valence electrons. The Balaban J connectivity index is 1.67. The minimum Gasteiger partial charge on any atom is -0.495 e. The van der Waals surface area contributed by atoms with E-state index in [0.29, 0.717) is 32.8 Å². The van der Waals surface area contributed by atoms with Crippen LogP contribution in [-0.4, -0.2) is 31.8 Å². The smallest absolute Gasteiger partial charge is 0.197 e. The fourth-order valence-electron chi connectivity index (χ4n) is 3.45. The molecule has 0 bridgehead atoms. The molecule has 10 heteroatoms. The van der Waals surface area contributed by atoms with E-state index in [-0.39, 0.29) is 17.2 Å². The standard InChI is InChI=1S/C21H15F2N5O2S/c1-21(23,13-3-4-16-11(5-13)6-14(29-2)9-24-16)20-26-25-19-15(22)7-12(10-28(19)20)17-8-18(31)27-30-17/h3-10H,1-2H3,(H,27,31). The molecule has 0 aliphatic heterocycles. The van der Waals surface area contributed by atoms with E-state index in [4.69, 9.17) is 9.26 Å². The first-order chi connectivity index (χ1) is 14.9. The molecule has 0 saturated carbocycles. The molecule has 1 atom stereocenters. The summed E-state index contributed by atoms with van der Waals surface area (Å²) in [6.45, 7) is 1.35. The molecule has 0 spiro atoms. The van der Waals surface area contributed by atoms with Crippen molar-refractivity contribution in [3.05, 3.63) is 66.0 Å². The van der Waals surface area contributed by atoms with Crippen LogP contribution in [-0.2, 0) is 5.67 Å². The van der Waals surface area contributed by atoms with Gasteiger partial charge in [-0.3, -0.25) is 9.38 Å². The molecular formula is C21H15F2N5O2S. The first-order valence-corrected chi connectivity index (χ1v) is 9.65. The van der Waals surface area contributed by atoms with E-state index in [1.807, 2.05) is 0 Å². The third-order valence-corrected chi connectivity index (χ3v) is 5.31. The van der Waals surface area contributed by atoms with Crippen LogP contribution in [0.1, 0.15) is 18.3 Å². The lowest BCUT2D eigenvalue weighted by Crippen LogP contribution is -2.21. The lowest BCUT2D eigenvalue weighted by molar-refractivity contribution is 0.234. The Hall–Kier alpha value is -3.53. The van der Waals surface area contributed by atoms with Gasteiger partial charge in [0.1, 0.15) is 10.8 Å². The summed E-state index contributed by atoms with van der Waals surface area (Å²) in [5.41, 5.74) is -0.836. The molecular weight excluding hydrogens is 424 g/mol. The van der Waals surface area contributed by atoms with Crippen LogP contribution in [0.4, 0.5) is 8.78 Å². The summed E-state index contributed by atoms with van der Waals surface area (Å²) in [6, 6.07) is 9.51. The van der Waals surface area contributed by atoms with Gasteiger partial charge in [-0.2, -0.15) is 0 Å². The van der Waals surface area contributed by atoms with Gasteiger partial charge < -0.3 is 9.26 Å². The zero-order valence-corrected chi connectivity index (χ0v) is 17.3. The van der Waals surface area contributed by atoms with Gasteiger partial charge in [0.05, 0.1) is 18.8 Å².